The van der Waals surface area contributed by atoms with Gasteiger partial charge in [0.1, 0.15) is 0 Å². The molecule has 0 bridgehead atoms. The minimum atomic E-state index is -0.707. The van der Waals surface area contributed by atoms with Gasteiger partial charge in [0.25, 0.3) is 0 Å². The van der Waals surface area contributed by atoms with Crippen molar-refractivity contribution in [3.63, 3.8) is 0 Å². The third-order valence-corrected chi connectivity index (χ3v) is 3.30. The molecule has 15 heavy (non-hydrogen) atoms. The Labute approximate surface area is 92.1 Å². The number of hydrogen-bond donors (Lipinski definition) is 1. The predicted molar refractivity (Wildman–Crippen MR) is 62.9 cm³/mol. The second-order valence-corrected chi connectivity index (χ2v) is 5.10. The zero-order valence-electron chi connectivity index (χ0n) is 9.71. The van der Waals surface area contributed by atoms with Crippen LogP contribution >= 0.6 is 0 Å². The van der Waals surface area contributed by atoms with Gasteiger partial charge in [0.05, 0.1) is 5.60 Å². The number of aryl methyl sites for hydroxylation is 2. The maximum absolute atomic E-state index is 9.96. The first-order valence-corrected chi connectivity index (χ1v) is 5.92. The molecule has 2 rings (SSSR count). The fourth-order valence-corrected chi connectivity index (χ4v) is 2.29. The van der Waals surface area contributed by atoms with E-state index in [1.165, 1.54) is 43.2 Å². The van der Waals surface area contributed by atoms with Gasteiger partial charge in [-0.1, -0.05) is 24.6 Å². The van der Waals surface area contributed by atoms with Gasteiger partial charge in [0.2, 0.25) is 0 Å². The number of rotatable bonds is 1. The molecule has 0 atom stereocenters. The summed E-state index contributed by atoms with van der Waals surface area (Å²) in [5.74, 6) is 0. The van der Waals surface area contributed by atoms with Gasteiger partial charge < -0.3 is 5.11 Å². The standard InChI is InChI=1S/C14H20O/c1-14(2,15)13-9-8-11-6-4-3-5-7-12(11)10-13/h8-10,15H,3-7H2,1-2H3. The fourth-order valence-electron chi connectivity index (χ4n) is 2.29. The molecule has 0 saturated carbocycles. The molecule has 0 unspecified atom stereocenters. The Hall–Kier alpha value is -0.820. The van der Waals surface area contributed by atoms with Crippen LogP contribution in [0.2, 0.25) is 0 Å². The van der Waals surface area contributed by atoms with E-state index in [9.17, 15) is 5.11 Å². The highest BCUT2D eigenvalue weighted by Crippen LogP contribution is 2.26. The van der Waals surface area contributed by atoms with Crippen LogP contribution in [0.4, 0.5) is 0 Å². The van der Waals surface area contributed by atoms with Gasteiger partial charge >= 0.3 is 0 Å². The van der Waals surface area contributed by atoms with Crippen molar-refractivity contribution in [2.45, 2.75) is 51.6 Å². The smallest absolute Gasteiger partial charge is 0.0840 e. The van der Waals surface area contributed by atoms with E-state index in [0.29, 0.717) is 0 Å². The van der Waals surface area contributed by atoms with Crippen molar-refractivity contribution in [1.82, 2.24) is 0 Å². The summed E-state index contributed by atoms with van der Waals surface area (Å²) in [5, 5.41) is 9.96. The normalized spacial score (nSPS) is 17.0. The van der Waals surface area contributed by atoms with Gasteiger partial charge in [0, 0.05) is 0 Å². The zero-order chi connectivity index (χ0) is 10.9. The van der Waals surface area contributed by atoms with E-state index in [-0.39, 0.29) is 0 Å². The van der Waals surface area contributed by atoms with Gasteiger partial charge in [-0.2, -0.15) is 0 Å². The maximum atomic E-state index is 9.96. The molecule has 0 heterocycles. The van der Waals surface area contributed by atoms with Crippen molar-refractivity contribution in [3.05, 3.63) is 34.9 Å². The van der Waals surface area contributed by atoms with Gasteiger partial charge in [0.15, 0.2) is 0 Å². The van der Waals surface area contributed by atoms with Crippen molar-refractivity contribution in [3.8, 4) is 0 Å². The summed E-state index contributed by atoms with van der Waals surface area (Å²) >= 11 is 0. The summed E-state index contributed by atoms with van der Waals surface area (Å²) < 4.78 is 0. The van der Waals surface area contributed by atoms with Crippen LogP contribution in [0.5, 0.6) is 0 Å². The highest BCUT2D eigenvalue weighted by atomic mass is 16.3. The molecule has 1 aliphatic rings. The largest absolute Gasteiger partial charge is 0.386 e. The maximum Gasteiger partial charge on any atom is 0.0840 e. The minimum absolute atomic E-state index is 0.707. The lowest BCUT2D eigenvalue weighted by Gasteiger charge is -2.19. The molecule has 0 aliphatic heterocycles. The summed E-state index contributed by atoms with van der Waals surface area (Å²) in [7, 11) is 0. The molecule has 0 amide bonds. The molecular weight excluding hydrogens is 184 g/mol. The Kier molecular flexibility index (Phi) is 2.83. The van der Waals surface area contributed by atoms with E-state index in [1.807, 2.05) is 13.8 Å². The summed E-state index contributed by atoms with van der Waals surface area (Å²) in [6.45, 7) is 3.71. The second-order valence-electron chi connectivity index (χ2n) is 5.10. The molecule has 0 aromatic heterocycles. The Morgan fingerprint density at radius 3 is 2.33 bits per heavy atom. The number of fused-ring (bicyclic) bond motifs is 1. The minimum Gasteiger partial charge on any atom is -0.386 e. The van der Waals surface area contributed by atoms with Crippen molar-refractivity contribution in [2.75, 3.05) is 0 Å². The third-order valence-electron chi connectivity index (χ3n) is 3.30. The van der Waals surface area contributed by atoms with Crippen LogP contribution in [0.3, 0.4) is 0 Å². The lowest BCUT2D eigenvalue weighted by molar-refractivity contribution is 0.0785. The molecule has 0 fully saturated rings. The molecule has 1 heteroatoms. The molecule has 1 N–H and O–H groups in total. The quantitative estimate of drug-likeness (QED) is 0.697. The average molecular weight is 204 g/mol. The Balaban J connectivity index is 2.36. The molecular formula is C14H20O. The van der Waals surface area contributed by atoms with E-state index >= 15 is 0 Å². The van der Waals surface area contributed by atoms with E-state index in [1.54, 1.807) is 0 Å². The summed E-state index contributed by atoms with van der Waals surface area (Å²) in [5.41, 5.74) is 3.28. The number of benzene rings is 1. The summed E-state index contributed by atoms with van der Waals surface area (Å²) in [6, 6.07) is 6.47. The second kappa shape index (κ2) is 3.97. The van der Waals surface area contributed by atoms with E-state index in [0.717, 1.165) is 5.56 Å². The Morgan fingerprint density at radius 2 is 1.67 bits per heavy atom. The first-order chi connectivity index (χ1) is 7.07. The van der Waals surface area contributed by atoms with Crippen LogP contribution in [0.25, 0.3) is 0 Å². The van der Waals surface area contributed by atoms with Crippen molar-refractivity contribution < 1.29 is 5.11 Å². The molecule has 0 radical (unpaired) electrons. The fraction of sp³-hybridized carbons (Fsp3) is 0.571. The topological polar surface area (TPSA) is 20.2 Å². The first-order valence-electron chi connectivity index (χ1n) is 5.92. The Morgan fingerprint density at radius 1 is 1.00 bits per heavy atom. The molecule has 1 aromatic carbocycles. The monoisotopic (exact) mass is 204 g/mol. The van der Waals surface area contributed by atoms with Crippen molar-refractivity contribution in [1.29, 1.82) is 0 Å². The lowest BCUT2D eigenvalue weighted by atomic mass is 9.92. The van der Waals surface area contributed by atoms with Crippen LogP contribution in [-0.2, 0) is 18.4 Å². The van der Waals surface area contributed by atoms with Gasteiger partial charge in [-0.15, -0.1) is 0 Å². The highest BCUT2D eigenvalue weighted by molar-refractivity contribution is 5.35. The molecule has 1 nitrogen and oxygen atoms in total. The zero-order valence-corrected chi connectivity index (χ0v) is 9.71. The van der Waals surface area contributed by atoms with E-state index < -0.39 is 5.60 Å². The molecule has 0 saturated heterocycles. The van der Waals surface area contributed by atoms with Crippen LogP contribution in [0.15, 0.2) is 18.2 Å². The van der Waals surface area contributed by atoms with Crippen molar-refractivity contribution in [2.24, 2.45) is 0 Å². The molecule has 1 aliphatic carbocycles. The highest BCUT2D eigenvalue weighted by Gasteiger charge is 2.17. The predicted octanol–water partition coefficient (Wildman–Crippen LogP) is 3.18. The van der Waals surface area contributed by atoms with Crippen LogP contribution in [0, 0.1) is 0 Å². The van der Waals surface area contributed by atoms with Gasteiger partial charge in [-0.3, -0.25) is 0 Å². The third kappa shape index (κ3) is 2.40. The Bertz CT molecular complexity index is 347. The van der Waals surface area contributed by atoms with E-state index in [2.05, 4.69) is 18.2 Å². The van der Waals surface area contributed by atoms with E-state index in [4.69, 9.17) is 0 Å². The molecule has 1 aromatic rings. The lowest BCUT2D eigenvalue weighted by Crippen LogP contribution is -2.16. The summed E-state index contributed by atoms with van der Waals surface area (Å²) in [4.78, 5) is 0. The first kappa shape index (κ1) is 10.7. The summed E-state index contributed by atoms with van der Waals surface area (Å²) in [6.07, 6.45) is 6.34. The average Bonchev–Trinajstić information content (AvgIpc) is 2.39. The van der Waals surface area contributed by atoms with Crippen LogP contribution in [0.1, 0.15) is 49.8 Å². The molecule has 82 valence electrons. The van der Waals surface area contributed by atoms with Gasteiger partial charge in [-0.05, 0) is 56.2 Å². The van der Waals surface area contributed by atoms with Gasteiger partial charge in [-0.25, -0.2) is 0 Å². The SMILES string of the molecule is CC(C)(O)c1ccc2c(c1)CCCCC2. The van der Waals surface area contributed by atoms with Crippen molar-refractivity contribution >= 4 is 0 Å². The van der Waals surface area contributed by atoms with Crippen LogP contribution in [-0.4, -0.2) is 5.11 Å². The molecule has 0 spiro atoms. The number of aliphatic hydroxyl groups is 1. The number of hydrogen-bond acceptors (Lipinski definition) is 1. The van der Waals surface area contributed by atoms with Crippen LogP contribution < -0.4 is 0 Å².